The molecule has 62 valence electrons. The molecule has 1 heterocycles. The lowest BCUT2D eigenvalue weighted by Gasteiger charge is -2.07. The van der Waals surface area contributed by atoms with Gasteiger partial charge in [0.1, 0.15) is 6.17 Å². The average Bonchev–Trinajstić information content (AvgIpc) is 2.34. The third-order valence-corrected chi connectivity index (χ3v) is 2.46. The van der Waals surface area contributed by atoms with Gasteiger partial charge >= 0.3 is 0 Å². The van der Waals surface area contributed by atoms with Crippen LogP contribution in [0, 0.1) is 12.8 Å². The van der Waals surface area contributed by atoms with Gasteiger partial charge in [-0.05, 0) is 12.8 Å². The van der Waals surface area contributed by atoms with Crippen molar-refractivity contribution < 1.29 is 4.39 Å². The summed E-state index contributed by atoms with van der Waals surface area (Å²) in [6.45, 7) is 5.64. The number of hydrogen-bond acceptors (Lipinski definition) is 2. The Kier molecular flexibility index (Phi) is 2.60. The first-order chi connectivity index (χ1) is 5.11. The van der Waals surface area contributed by atoms with Crippen LogP contribution in [0.4, 0.5) is 4.39 Å². The van der Waals surface area contributed by atoms with Crippen LogP contribution < -0.4 is 0 Å². The maximum absolute atomic E-state index is 13.2. The number of thiazole rings is 1. The van der Waals surface area contributed by atoms with Crippen LogP contribution in [0.5, 0.6) is 0 Å². The number of halogens is 1. The summed E-state index contributed by atoms with van der Waals surface area (Å²) in [6.07, 6.45) is 0.784. The van der Waals surface area contributed by atoms with E-state index < -0.39 is 6.17 Å². The Morgan fingerprint density at radius 2 is 2.18 bits per heavy atom. The molecule has 0 fully saturated rings. The summed E-state index contributed by atoms with van der Waals surface area (Å²) >= 11 is 1.44. The largest absolute Gasteiger partial charge is 0.250 e. The van der Waals surface area contributed by atoms with Crippen molar-refractivity contribution in [2.75, 3.05) is 0 Å². The third-order valence-electron chi connectivity index (χ3n) is 1.50. The van der Waals surface area contributed by atoms with Crippen molar-refractivity contribution in [2.45, 2.75) is 26.9 Å². The Labute approximate surface area is 70.3 Å². The second-order valence-electron chi connectivity index (χ2n) is 2.93. The fourth-order valence-corrected chi connectivity index (χ4v) is 1.77. The minimum atomic E-state index is -0.846. The monoisotopic (exact) mass is 173 g/mol. The molecule has 0 saturated carbocycles. The lowest BCUT2D eigenvalue weighted by atomic mass is 10.1. The van der Waals surface area contributed by atoms with Gasteiger partial charge in [-0.15, -0.1) is 11.3 Å². The van der Waals surface area contributed by atoms with Crippen molar-refractivity contribution in [1.82, 2.24) is 4.98 Å². The summed E-state index contributed by atoms with van der Waals surface area (Å²) < 4.78 is 13.2. The standard InChI is InChI=1S/C8H12FNS/c1-5(2)8(9)7-4-10-6(3)11-7/h4-5,8H,1-3H3. The molecule has 0 saturated heterocycles. The first kappa shape index (κ1) is 8.65. The smallest absolute Gasteiger partial charge is 0.138 e. The molecule has 0 aliphatic carbocycles. The maximum Gasteiger partial charge on any atom is 0.138 e. The summed E-state index contributed by atoms with van der Waals surface area (Å²) in [6, 6.07) is 0. The van der Waals surface area contributed by atoms with Gasteiger partial charge in [0.05, 0.1) is 9.88 Å². The molecule has 0 aliphatic rings. The van der Waals surface area contributed by atoms with Gasteiger partial charge in [-0.25, -0.2) is 9.37 Å². The summed E-state index contributed by atoms with van der Waals surface area (Å²) in [7, 11) is 0. The minimum Gasteiger partial charge on any atom is -0.250 e. The highest BCUT2D eigenvalue weighted by Crippen LogP contribution is 2.29. The second-order valence-corrected chi connectivity index (χ2v) is 4.19. The molecule has 1 atom stereocenters. The fraction of sp³-hybridized carbons (Fsp3) is 0.625. The van der Waals surface area contributed by atoms with Crippen LogP contribution in [0.25, 0.3) is 0 Å². The maximum atomic E-state index is 13.2. The number of alkyl halides is 1. The van der Waals surface area contributed by atoms with E-state index in [1.807, 2.05) is 20.8 Å². The van der Waals surface area contributed by atoms with Crippen LogP contribution in [0.2, 0.25) is 0 Å². The molecule has 1 aromatic heterocycles. The third kappa shape index (κ3) is 1.99. The first-order valence-electron chi connectivity index (χ1n) is 3.67. The molecule has 0 amide bonds. The van der Waals surface area contributed by atoms with Crippen molar-refractivity contribution in [3.8, 4) is 0 Å². The van der Waals surface area contributed by atoms with Gasteiger partial charge in [-0.1, -0.05) is 13.8 Å². The predicted molar refractivity (Wildman–Crippen MR) is 45.5 cm³/mol. The Bertz CT molecular complexity index is 232. The summed E-state index contributed by atoms with van der Waals surface area (Å²) in [5, 5.41) is 0.934. The summed E-state index contributed by atoms with van der Waals surface area (Å²) in [5.41, 5.74) is 0. The molecule has 1 unspecified atom stereocenters. The highest BCUT2D eigenvalue weighted by Gasteiger charge is 2.16. The Balaban J connectivity index is 2.76. The van der Waals surface area contributed by atoms with Crippen molar-refractivity contribution in [3.05, 3.63) is 16.1 Å². The molecule has 1 rings (SSSR count). The zero-order valence-corrected chi connectivity index (χ0v) is 7.78. The van der Waals surface area contributed by atoms with Crippen LogP contribution in [0.3, 0.4) is 0 Å². The van der Waals surface area contributed by atoms with Crippen LogP contribution >= 0.6 is 11.3 Å². The Morgan fingerprint density at radius 1 is 1.55 bits per heavy atom. The van der Waals surface area contributed by atoms with Gasteiger partial charge in [0.15, 0.2) is 0 Å². The molecule has 1 nitrogen and oxygen atoms in total. The van der Waals surface area contributed by atoms with Crippen LogP contribution in [0.15, 0.2) is 6.20 Å². The topological polar surface area (TPSA) is 12.9 Å². The van der Waals surface area contributed by atoms with Crippen LogP contribution in [-0.4, -0.2) is 4.98 Å². The highest BCUT2D eigenvalue weighted by atomic mass is 32.1. The zero-order valence-electron chi connectivity index (χ0n) is 6.97. The van der Waals surface area contributed by atoms with Crippen molar-refractivity contribution in [3.63, 3.8) is 0 Å². The molecular weight excluding hydrogens is 161 g/mol. The van der Waals surface area contributed by atoms with Gasteiger partial charge in [0.25, 0.3) is 0 Å². The van der Waals surface area contributed by atoms with E-state index in [4.69, 9.17) is 0 Å². The van der Waals surface area contributed by atoms with E-state index in [1.54, 1.807) is 6.20 Å². The van der Waals surface area contributed by atoms with Crippen LogP contribution in [-0.2, 0) is 0 Å². The molecule has 0 aliphatic heterocycles. The number of aryl methyl sites for hydroxylation is 1. The molecule has 0 bridgehead atoms. The van der Waals surface area contributed by atoms with Crippen molar-refractivity contribution >= 4 is 11.3 Å². The first-order valence-corrected chi connectivity index (χ1v) is 4.49. The van der Waals surface area contributed by atoms with E-state index >= 15 is 0 Å². The van der Waals surface area contributed by atoms with E-state index in [9.17, 15) is 4.39 Å². The van der Waals surface area contributed by atoms with Gasteiger partial charge in [-0.2, -0.15) is 0 Å². The molecule has 3 heteroatoms. The molecular formula is C8H12FNS. The Hall–Kier alpha value is -0.440. The summed E-state index contributed by atoms with van der Waals surface area (Å²) in [5.74, 6) is 0.0508. The highest BCUT2D eigenvalue weighted by molar-refractivity contribution is 7.11. The predicted octanol–water partition coefficient (Wildman–Crippen LogP) is 3.12. The van der Waals surface area contributed by atoms with E-state index in [0.29, 0.717) is 0 Å². The number of rotatable bonds is 2. The van der Waals surface area contributed by atoms with Crippen molar-refractivity contribution in [1.29, 1.82) is 0 Å². The van der Waals surface area contributed by atoms with Crippen LogP contribution in [0.1, 0.15) is 29.9 Å². The lowest BCUT2D eigenvalue weighted by Crippen LogP contribution is -1.97. The van der Waals surface area contributed by atoms with Crippen molar-refractivity contribution in [2.24, 2.45) is 5.92 Å². The van der Waals surface area contributed by atoms with E-state index in [1.165, 1.54) is 11.3 Å². The SMILES string of the molecule is Cc1ncc(C(F)C(C)C)s1. The van der Waals surface area contributed by atoms with E-state index in [2.05, 4.69) is 4.98 Å². The summed E-state index contributed by atoms with van der Waals surface area (Å²) in [4.78, 5) is 4.75. The minimum absolute atomic E-state index is 0.0508. The molecule has 1 aromatic rings. The molecule has 0 aromatic carbocycles. The van der Waals surface area contributed by atoms with Gasteiger partial charge in [-0.3, -0.25) is 0 Å². The number of hydrogen-bond donors (Lipinski definition) is 0. The van der Waals surface area contributed by atoms with Gasteiger partial charge in [0.2, 0.25) is 0 Å². The molecule has 0 radical (unpaired) electrons. The number of aromatic nitrogens is 1. The Morgan fingerprint density at radius 3 is 2.55 bits per heavy atom. The van der Waals surface area contributed by atoms with E-state index in [0.717, 1.165) is 9.88 Å². The fourth-order valence-electron chi connectivity index (χ4n) is 0.834. The van der Waals surface area contributed by atoms with E-state index in [-0.39, 0.29) is 5.92 Å². The molecule has 0 spiro atoms. The lowest BCUT2D eigenvalue weighted by molar-refractivity contribution is 0.266. The zero-order chi connectivity index (χ0) is 8.43. The van der Waals surface area contributed by atoms with Gasteiger partial charge in [0, 0.05) is 6.20 Å². The quantitative estimate of drug-likeness (QED) is 0.669. The normalized spacial score (nSPS) is 13.9. The number of nitrogens with zero attached hydrogens (tertiary/aromatic N) is 1. The second kappa shape index (κ2) is 3.30. The van der Waals surface area contributed by atoms with Gasteiger partial charge < -0.3 is 0 Å². The molecule has 11 heavy (non-hydrogen) atoms. The average molecular weight is 173 g/mol. The molecule has 0 N–H and O–H groups in total.